The van der Waals surface area contributed by atoms with Gasteiger partial charge < -0.3 is 10.1 Å². The van der Waals surface area contributed by atoms with Crippen LogP contribution in [-0.4, -0.2) is 7.11 Å². The van der Waals surface area contributed by atoms with Crippen molar-refractivity contribution >= 4 is 22.1 Å². The van der Waals surface area contributed by atoms with E-state index in [1.54, 1.807) is 0 Å². The average Bonchev–Trinajstić information content (AvgIpc) is 2.79. The van der Waals surface area contributed by atoms with E-state index in [1.807, 2.05) is 7.11 Å². The Morgan fingerprint density at radius 1 is 0.879 bits per heavy atom. The maximum Gasteiger partial charge on any atom is 0.122 e. The number of nitrogens with one attached hydrogen (secondary N) is 1. The van der Waals surface area contributed by atoms with Gasteiger partial charge in [0.2, 0.25) is 0 Å². The first kappa shape index (κ1) is 23.7. The molecule has 0 amide bonds. The number of aryl methyl sites for hydroxylation is 1. The normalized spacial score (nSPS) is 19.0. The van der Waals surface area contributed by atoms with Crippen molar-refractivity contribution in [2.75, 3.05) is 12.4 Å². The van der Waals surface area contributed by atoms with Gasteiger partial charge in [-0.1, -0.05) is 39.0 Å². The lowest BCUT2D eigenvalue weighted by atomic mass is 9.69. The van der Waals surface area contributed by atoms with Gasteiger partial charge in [0.1, 0.15) is 5.75 Å². The summed E-state index contributed by atoms with van der Waals surface area (Å²) in [5.41, 5.74) is 8.13. The molecule has 0 aliphatic heterocycles. The van der Waals surface area contributed by atoms with E-state index in [-0.39, 0.29) is 0 Å². The second-order valence-corrected chi connectivity index (χ2v) is 11.3. The smallest absolute Gasteiger partial charge is 0.122 e. The van der Waals surface area contributed by atoms with Crippen molar-refractivity contribution in [3.63, 3.8) is 0 Å². The molecular weight excluding hydrogens is 402 g/mol. The predicted octanol–water partition coefficient (Wildman–Crippen LogP) is 8.91. The van der Waals surface area contributed by atoms with E-state index in [0.717, 1.165) is 24.0 Å². The summed E-state index contributed by atoms with van der Waals surface area (Å²) < 4.78 is 5.86. The van der Waals surface area contributed by atoms with Crippen molar-refractivity contribution < 1.29 is 4.74 Å². The highest BCUT2D eigenvalue weighted by molar-refractivity contribution is 5.97. The molecule has 2 heteroatoms. The van der Waals surface area contributed by atoms with E-state index in [0.29, 0.717) is 5.41 Å². The zero-order valence-corrected chi connectivity index (χ0v) is 21.6. The van der Waals surface area contributed by atoms with Crippen LogP contribution in [0.3, 0.4) is 0 Å². The molecule has 1 aliphatic carbocycles. The largest absolute Gasteiger partial charge is 0.496 e. The highest BCUT2D eigenvalue weighted by atomic mass is 16.5. The van der Waals surface area contributed by atoms with E-state index >= 15 is 0 Å². The number of fused-ring (bicyclic) bond motifs is 1. The Bertz CT molecular complexity index is 1130. The van der Waals surface area contributed by atoms with Crippen molar-refractivity contribution in [1.29, 1.82) is 0 Å². The third-order valence-corrected chi connectivity index (χ3v) is 8.19. The first-order chi connectivity index (χ1) is 15.7. The fourth-order valence-corrected chi connectivity index (χ4v) is 5.59. The summed E-state index contributed by atoms with van der Waals surface area (Å²) in [6.45, 7) is 13.8. The van der Waals surface area contributed by atoms with Crippen molar-refractivity contribution in [2.24, 2.45) is 17.3 Å². The van der Waals surface area contributed by atoms with Gasteiger partial charge in [-0.25, -0.2) is 0 Å². The molecule has 33 heavy (non-hydrogen) atoms. The number of hydrogen-bond acceptors (Lipinski definition) is 2. The molecule has 0 saturated heterocycles. The maximum absolute atomic E-state index is 5.86. The summed E-state index contributed by atoms with van der Waals surface area (Å²) >= 11 is 0. The van der Waals surface area contributed by atoms with Gasteiger partial charge in [0.25, 0.3) is 0 Å². The van der Waals surface area contributed by atoms with Crippen LogP contribution in [0.2, 0.25) is 0 Å². The van der Waals surface area contributed by atoms with E-state index in [1.165, 1.54) is 70.1 Å². The summed E-state index contributed by atoms with van der Waals surface area (Å²) in [5, 5.41) is 6.23. The number of ether oxygens (including phenoxy) is 1. The standard InChI is InChI=1S/C31H41NO/c1-20-11-16-28(22(3)21(20)2)32-29-10-8-9-24-19-30(33-7)25(18-27(24)29)17-23-12-14-26(15-13-23)31(4,5)6/h8-11,16,18-19,23,26,32H,12-15,17H2,1-7H3. The summed E-state index contributed by atoms with van der Waals surface area (Å²) in [4.78, 5) is 0. The fraction of sp³-hybridized carbons (Fsp3) is 0.484. The van der Waals surface area contributed by atoms with Crippen molar-refractivity contribution in [3.05, 3.63) is 64.7 Å². The average molecular weight is 444 g/mol. The summed E-state index contributed by atoms with van der Waals surface area (Å²) in [5.74, 6) is 2.63. The zero-order valence-electron chi connectivity index (χ0n) is 21.6. The molecule has 1 aliphatic rings. The molecule has 0 bridgehead atoms. The molecule has 2 nitrogen and oxygen atoms in total. The molecule has 4 rings (SSSR count). The van der Waals surface area contributed by atoms with Gasteiger partial charge in [0.15, 0.2) is 0 Å². The minimum absolute atomic E-state index is 0.429. The Balaban J connectivity index is 1.63. The third-order valence-electron chi connectivity index (χ3n) is 8.19. The molecule has 1 saturated carbocycles. The zero-order chi connectivity index (χ0) is 23.8. The number of rotatable bonds is 5. The highest BCUT2D eigenvalue weighted by Crippen LogP contribution is 2.42. The highest BCUT2D eigenvalue weighted by Gasteiger charge is 2.30. The Kier molecular flexibility index (Phi) is 6.75. The molecule has 3 aromatic rings. The van der Waals surface area contributed by atoms with Crippen LogP contribution < -0.4 is 10.1 Å². The van der Waals surface area contributed by atoms with Crippen LogP contribution in [0.15, 0.2) is 42.5 Å². The van der Waals surface area contributed by atoms with E-state index in [4.69, 9.17) is 4.74 Å². The van der Waals surface area contributed by atoms with E-state index in [9.17, 15) is 0 Å². The molecule has 0 radical (unpaired) electrons. The van der Waals surface area contributed by atoms with Gasteiger partial charge in [-0.2, -0.15) is 0 Å². The van der Waals surface area contributed by atoms with Crippen LogP contribution in [0, 0.1) is 38.0 Å². The molecule has 0 aromatic heterocycles. The monoisotopic (exact) mass is 443 g/mol. The minimum Gasteiger partial charge on any atom is -0.496 e. The molecule has 0 spiro atoms. The lowest BCUT2D eigenvalue weighted by Crippen LogP contribution is -2.26. The van der Waals surface area contributed by atoms with Gasteiger partial charge in [0, 0.05) is 16.8 Å². The molecule has 0 heterocycles. The summed E-state index contributed by atoms with van der Waals surface area (Å²) in [6.07, 6.45) is 6.45. The van der Waals surface area contributed by atoms with Crippen LogP contribution in [0.5, 0.6) is 5.75 Å². The van der Waals surface area contributed by atoms with Crippen LogP contribution in [0.25, 0.3) is 10.8 Å². The fourth-order valence-electron chi connectivity index (χ4n) is 5.59. The van der Waals surface area contributed by atoms with Crippen LogP contribution in [-0.2, 0) is 6.42 Å². The molecule has 176 valence electrons. The van der Waals surface area contributed by atoms with Gasteiger partial charge in [0.05, 0.1) is 7.11 Å². The SMILES string of the molecule is COc1cc2cccc(Nc3ccc(C)c(C)c3C)c2cc1CC1CCC(C(C)(C)C)CC1. The number of hydrogen-bond donors (Lipinski definition) is 1. The molecule has 1 N–H and O–H groups in total. The van der Waals surface area contributed by atoms with Crippen LogP contribution >= 0.6 is 0 Å². The molecular formula is C31H41NO. The lowest BCUT2D eigenvalue weighted by Gasteiger charge is -2.37. The van der Waals surface area contributed by atoms with Gasteiger partial charge in [-0.3, -0.25) is 0 Å². The number of anilines is 2. The second-order valence-electron chi connectivity index (χ2n) is 11.3. The van der Waals surface area contributed by atoms with E-state index in [2.05, 4.69) is 89.3 Å². The quantitative estimate of drug-likeness (QED) is 0.425. The van der Waals surface area contributed by atoms with Gasteiger partial charge in [-0.15, -0.1) is 0 Å². The van der Waals surface area contributed by atoms with Crippen molar-refractivity contribution in [2.45, 2.75) is 73.6 Å². The Hall–Kier alpha value is -2.48. The van der Waals surface area contributed by atoms with Crippen molar-refractivity contribution in [1.82, 2.24) is 0 Å². The summed E-state index contributed by atoms with van der Waals surface area (Å²) in [7, 11) is 1.81. The Morgan fingerprint density at radius 3 is 2.27 bits per heavy atom. The minimum atomic E-state index is 0.429. The van der Waals surface area contributed by atoms with Gasteiger partial charge in [-0.05, 0) is 122 Å². The molecule has 0 unspecified atom stereocenters. The number of methoxy groups -OCH3 is 1. The molecule has 1 fully saturated rings. The topological polar surface area (TPSA) is 21.3 Å². The molecule has 3 aromatic carbocycles. The lowest BCUT2D eigenvalue weighted by molar-refractivity contribution is 0.149. The van der Waals surface area contributed by atoms with E-state index < -0.39 is 0 Å². The predicted molar refractivity (Wildman–Crippen MR) is 143 cm³/mol. The van der Waals surface area contributed by atoms with Crippen LogP contribution in [0.1, 0.15) is 68.7 Å². The Morgan fingerprint density at radius 2 is 1.61 bits per heavy atom. The number of benzene rings is 3. The van der Waals surface area contributed by atoms with Crippen LogP contribution in [0.4, 0.5) is 11.4 Å². The third kappa shape index (κ3) is 5.05. The van der Waals surface area contributed by atoms with Gasteiger partial charge >= 0.3 is 0 Å². The second kappa shape index (κ2) is 9.41. The first-order valence-corrected chi connectivity index (χ1v) is 12.6. The Labute approximate surface area is 200 Å². The van der Waals surface area contributed by atoms with Crippen molar-refractivity contribution in [3.8, 4) is 5.75 Å². The maximum atomic E-state index is 5.86. The first-order valence-electron chi connectivity index (χ1n) is 12.6. The summed E-state index contributed by atoms with van der Waals surface area (Å²) in [6, 6.07) is 15.5. The molecule has 0 atom stereocenters.